The van der Waals surface area contributed by atoms with Crippen molar-refractivity contribution >= 4 is 17.4 Å². The molecule has 0 aromatic carbocycles. The molecule has 9 nitrogen and oxygen atoms in total. The molecule has 0 unspecified atom stereocenters. The second-order valence-corrected chi connectivity index (χ2v) is 4.62. The number of hydrogen-bond acceptors (Lipinski definition) is 5. The van der Waals surface area contributed by atoms with E-state index < -0.39 is 22.2 Å². The van der Waals surface area contributed by atoms with Gasteiger partial charge in [-0.3, -0.25) is 24.5 Å². The lowest BCUT2D eigenvalue weighted by molar-refractivity contribution is -0.385. The predicted molar refractivity (Wildman–Crippen MR) is 75.6 cm³/mol. The molecule has 0 aliphatic rings. The molecular formula is C13H12N4O5. The Bertz CT molecular complexity index is 833. The molecule has 22 heavy (non-hydrogen) atoms. The molecule has 0 fully saturated rings. The largest absolute Gasteiger partial charge is 0.364 e. The number of carbonyl (C=O) groups excluding carboxylic acids is 2. The average Bonchev–Trinajstić information content (AvgIpc) is 2.83. The summed E-state index contributed by atoms with van der Waals surface area (Å²) in [5, 5.41) is 10.7. The van der Waals surface area contributed by atoms with Crippen molar-refractivity contribution in [1.29, 1.82) is 0 Å². The van der Waals surface area contributed by atoms with E-state index >= 15 is 0 Å². The summed E-state index contributed by atoms with van der Waals surface area (Å²) in [6.45, 7) is -0.372. The Morgan fingerprint density at radius 2 is 2.00 bits per heavy atom. The number of Topliss-reactive ketones (excluding diaryl/α,β-unsaturated/α-hetero) is 1. The number of hydrogen-bond donors (Lipinski definition) is 1. The highest BCUT2D eigenvalue weighted by Gasteiger charge is 2.16. The van der Waals surface area contributed by atoms with Crippen molar-refractivity contribution in [3.8, 4) is 0 Å². The summed E-state index contributed by atoms with van der Waals surface area (Å²) in [4.78, 5) is 45.0. The van der Waals surface area contributed by atoms with E-state index in [2.05, 4.69) is 0 Å². The van der Waals surface area contributed by atoms with Gasteiger partial charge in [0.2, 0.25) is 0 Å². The highest BCUT2D eigenvalue weighted by atomic mass is 16.6. The van der Waals surface area contributed by atoms with Gasteiger partial charge in [-0.15, -0.1) is 0 Å². The van der Waals surface area contributed by atoms with Crippen LogP contribution >= 0.6 is 0 Å². The molecule has 9 heteroatoms. The van der Waals surface area contributed by atoms with E-state index in [0.717, 1.165) is 22.9 Å². The molecule has 0 saturated carbocycles. The van der Waals surface area contributed by atoms with Gasteiger partial charge < -0.3 is 14.9 Å². The maximum Gasteiger partial charge on any atom is 0.285 e. The number of primary amides is 1. The van der Waals surface area contributed by atoms with E-state index in [1.54, 1.807) is 7.05 Å². The van der Waals surface area contributed by atoms with Crippen LogP contribution in [0.5, 0.6) is 0 Å². The van der Waals surface area contributed by atoms with Crippen LogP contribution < -0.4 is 11.3 Å². The van der Waals surface area contributed by atoms with Crippen LogP contribution in [0, 0.1) is 10.1 Å². The van der Waals surface area contributed by atoms with Gasteiger partial charge in [0.05, 0.1) is 17.7 Å². The van der Waals surface area contributed by atoms with Crippen molar-refractivity contribution in [2.75, 3.05) is 0 Å². The maximum atomic E-state index is 12.1. The Morgan fingerprint density at radius 3 is 2.55 bits per heavy atom. The summed E-state index contributed by atoms with van der Waals surface area (Å²) < 4.78 is 2.34. The zero-order chi connectivity index (χ0) is 16.4. The SMILES string of the molecule is Cn1cc(C(=O)Cn2cc([N+](=O)[O-])ccc2=O)cc1C(N)=O. The van der Waals surface area contributed by atoms with E-state index in [-0.39, 0.29) is 23.5 Å². The van der Waals surface area contributed by atoms with Crippen LogP contribution in [-0.4, -0.2) is 25.7 Å². The summed E-state index contributed by atoms with van der Waals surface area (Å²) >= 11 is 0. The number of nitrogens with two attached hydrogens (primary N) is 1. The van der Waals surface area contributed by atoms with Crippen LogP contribution in [0.3, 0.4) is 0 Å². The van der Waals surface area contributed by atoms with Gasteiger partial charge in [0.25, 0.3) is 17.2 Å². The summed E-state index contributed by atoms with van der Waals surface area (Å²) in [7, 11) is 1.55. The van der Waals surface area contributed by atoms with Crippen LogP contribution in [0.4, 0.5) is 5.69 Å². The van der Waals surface area contributed by atoms with Crippen LogP contribution in [0.15, 0.2) is 35.4 Å². The number of carbonyl (C=O) groups is 2. The van der Waals surface area contributed by atoms with Crippen molar-refractivity contribution in [2.45, 2.75) is 6.54 Å². The molecule has 2 aromatic rings. The van der Waals surface area contributed by atoms with Crippen molar-refractivity contribution in [2.24, 2.45) is 12.8 Å². The lowest BCUT2D eigenvalue weighted by Gasteiger charge is -2.03. The molecule has 0 atom stereocenters. The summed E-state index contributed by atoms with van der Waals surface area (Å²) in [6.07, 6.45) is 2.41. The van der Waals surface area contributed by atoms with E-state index in [1.807, 2.05) is 0 Å². The number of ketones is 1. The van der Waals surface area contributed by atoms with Gasteiger partial charge in [-0.25, -0.2) is 0 Å². The molecule has 0 spiro atoms. The first-order valence-corrected chi connectivity index (χ1v) is 6.14. The lowest BCUT2D eigenvalue weighted by atomic mass is 10.2. The molecule has 114 valence electrons. The van der Waals surface area contributed by atoms with E-state index in [0.29, 0.717) is 0 Å². The van der Waals surface area contributed by atoms with Crippen molar-refractivity contribution in [3.63, 3.8) is 0 Å². The van der Waals surface area contributed by atoms with Gasteiger partial charge in [-0.2, -0.15) is 0 Å². The molecule has 0 saturated heterocycles. The molecule has 0 aliphatic heterocycles. The van der Waals surface area contributed by atoms with Crippen molar-refractivity contribution in [1.82, 2.24) is 9.13 Å². The van der Waals surface area contributed by atoms with Gasteiger partial charge in [0.15, 0.2) is 5.78 Å². The van der Waals surface area contributed by atoms with Gasteiger partial charge in [0.1, 0.15) is 5.69 Å². The number of amides is 1. The van der Waals surface area contributed by atoms with Crippen molar-refractivity contribution < 1.29 is 14.5 Å². The summed E-state index contributed by atoms with van der Waals surface area (Å²) in [6, 6.07) is 3.40. The Balaban J connectivity index is 2.31. The second-order valence-electron chi connectivity index (χ2n) is 4.62. The molecule has 2 aromatic heterocycles. The zero-order valence-electron chi connectivity index (χ0n) is 11.6. The van der Waals surface area contributed by atoms with E-state index in [1.165, 1.54) is 16.8 Å². The quantitative estimate of drug-likeness (QED) is 0.474. The Kier molecular flexibility index (Phi) is 3.89. The molecule has 1 amide bonds. The zero-order valence-corrected chi connectivity index (χ0v) is 11.6. The molecule has 2 N–H and O–H groups in total. The maximum absolute atomic E-state index is 12.1. The molecule has 0 bridgehead atoms. The number of aromatic nitrogens is 2. The van der Waals surface area contributed by atoms with E-state index in [4.69, 9.17) is 5.73 Å². The third-order valence-corrected chi connectivity index (χ3v) is 3.07. The van der Waals surface area contributed by atoms with Gasteiger partial charge >= 0.3 is 0 Å². The number of aryl methyl sites for hydroxylation is 1. The van der Waals surface area contributed by atoms with Gasteiger partial charge in [0, 0.05) is 30.9 Å². The van der Waals surface area contributed by atoms with Crippen LogP contribution in [-0.2, 0) is 13.6 Å². The fourth-order valence-electron chi connectivity index (χ4n) is 1.96. The standard InChI is InChI=1S/C13H12N4O5/c1-15-5-8(4-10(15)13(14)20)11(18)7-16-6-9(17(21)22)2-3-12(16)19/h2-6H,7H2,1H3,(H2,14,20). The molecular weight excluding hydrogens is 292 g/mol. The molecule has 0 aliphatic carbocycles. The smallest absolute Gasteiger partial charge is 0.285 e. The molecule has 0 radical (unpaired) electrons. The Hall–Kier alpha value is -3.23. The minimum Gasteiger partial charge on any atom is -0.364 e. The number of pyridine rings is 1. The molecule has 2 heterocycles. The first-order valence-electron chi connectivity index (χ1n) is 6.14. The fraction of sp³-hybridized carbons (Fsp3) is 0.154. The van der Waals surface area contributed by atoms with Crippen molar-refractivity contribution in [3.05, 3.63) is 62.3 Å². The fourth-order valence-corrected chi connectivity index (χ4v) is 1.96. The number of nitrogens with zero attached hydrogens (tertiary/aromatic N) is 3. The first-order chi connectivity index (χ1) is 10.3. The topological polar surface area (TPSA) is 130 Å². The summed E-state index contributed by atoms with van der Waals surface area (Å²) in [5.41, 5.74) is 4.66. The predicted octanol–water partition coefficient (Wildman–Crippen LogP) is 0.0768. The van der Waals surface area contributed by atoms with Gasteiger partial charge in [-0.1, -0.05) is 0 Å². The minimum atomic E-state index is -0.686. The third kappa shape index (κ3) is 2.92. The number of rotatable bonds is 5. The first kappa shape index (κ1) is 15.2. The third-order valence-electron chi connectivity index (χ3n) is 3.07. The highest BCUT2D eigenvalue weighted by molar-refractivity contribution is 5.99. The highest BCUT2D eigenvalue weighted by Crippen LogP contribution is 2.10. The van der Waals surface area contributed by atoms with Crippen LogP contribution in [0.25, 0.3) is 0 Å². The minimum absolute atomic E-state index is 0.148. The Labute approximate surface area is 123 Å². The van der Waals surface area contributed by atoms with E-state index in [9.17, 15) is 24.5 Å². The molecule has 2 rings (SSSR count). The Morgan fingerprint density at radius 1 is 1.32 bits per heavy atom. The number of nitro groups is 1. The second kappa shape index (κ2) is 5.64. The average molecular weight is 304 g/mol. The van der Waals surface area contributed by atoms with Gasteiger partial charge in [-0.05, 0) is 6.07 Å². The lowest BCUT2D eigenvalue weighted by Crippen LogP contribution is -2.23. The monoisotopic (exact) mass is 304 g/mol. The summed E-state index contributed by atoms with van der Waals surface area (Å²) in [5.74, 6) is -1.15. The van der Waals surface area contributed by atoms with Crippen LogP contribution in [0.2, 0.25) is 0 Å². The van der Waals surface area contributed by atoms with Crippen LogP contribution in [0.1, 0.15) is 20.8 Å². The normalized spacial score (nSPS) is 10.4.